The van der Waals surface area contributed by atoms with Gasteiger partial charge in [0, 0.05) is 21.9 Å². The Labute approximate surface area is 169 Å². The van der Waals surface area contributed by atoms with Gasteiger partial charge in [0.1, 0.15) is 0 Å². The van der Waals surface area contributed by atoms with Crippen LogP contribution in [0, 0.1) is 6.92 Å². The molecule has 0 spiro atoms. The number of hydrogen-bond donors (Lipinski definition) is 0. The Balaban J connectivity index is 1.95. The van der Waals surface area contributed by atoms with Gasteiger partial charge >= 0.3 is 0 Å². The number of benzene rings is 4. The van der Waals surface area contributed by atoms with Crippen LogP contribution in [-0.2, 0) is 0 Å². The minimum Gasteiger partial charge on any atom is -0.246 e. The van der Waals surface area contributed by atoms with Crippen LogP contribution < -0.4 is 0 Å². The molecule has 0 unspecified atom stereocenters. The highest BCUT2D eigenvalue weighted by molar-refractivity contribution is 6.38. The molecule has 0 fully saturated rings. The molecule has 1 heterocycles. The lowest BCUT2D eigenvalue weighted by atomic mass is 9.95. The van der Waals surface area contributed by atoms with Crippen molar-refractivity contribution in [2.45, 2.75) is 6.92 Å². The predicted molar refractivity (Wildman–Crippen MR) is 120 cm³/mol. The van der Waals surface area contributed by atoms with Crippen LogP contribution in [-0.4, -0.2) is 4.98 Å². The van der Waals surface area contributed by atoms with Crippen molar-refractivity contribution in [3.8, 4) is 22.4 Å². The molecule has 0 bridgehead atoms. The zero-order valence-electron chi connectivity index (χ0n) is 15.5. The molecule has 0 radical (unpaired) electrons. The second-order valence-corrected chi connectivity index (χ2v) is 7.44. The van der Waals surface area contributed by atoms with Crippen LogP contribution in [0.5, 0.6) is 0 Å². The largest absolute Gasteiger partial charge is 0.246 e. The fourth-order valence-corrected chi connectivity index (χ4v) is 4.13. The Morgan fingerprint density at radius 1 is 0.643 bits per heavy atom. The van der Waals surface area contributed by atoms with E-state index in [1.165, 1.54) is 10.9 Å². The minimum atomic E-state index is 0.692. The number of aromatic nitrogens is 1. The van der Waals surface area contributed by atoms with Crippen molar-refractivity contribution in [2.75, 3.05) is 0 Å². The Morgan fingerprint density at radius 2 is 1.36 bits per heavy atom. The van der Waals surface area contributed by atoms with Gasteiger partial charge in [-0.2, -0.15) is 0 Å². The normalized spacial score (nSPS) is 11.2. The molecule has 5 aromatic rings. The molecule has 0 atom stereocenters. The number of pyridine rings is 1. The van der Waals surface area contributed by atoms with Gasteiger partial charge in [0.05, 0.1) is 16.2 Å². The summed E-state index contributed by atoms with van der Waals surface area (Å²) in [6.07, 6.45) is 0. The van der Waals surface area contributed by atoms with Gasteiger partial charge in [0.25, 0.3) is 0 Å². The molecule has 2 heteroatoms. The average Bonchev–Trinajstić information content (AvgIpc) is 2.74. The van der Waals surface area contributed by atoms with Crippen LogP contribution in [0.4, 0.5) is 0 Å². The summed E-state index contributed by atoms with van der Waals surface area (Å²) in [5.41, 5.74) is 6.20. The molecule has 1 nitrogen and oxygen atoms in total. The molecule has 5 rings (SSSR count). The highest BCUT2D eigenvalue weighted by atomic mass is 35.5. The molecule has 0 amide bonds. The first kappa shape index (κ1) is 17.0. The smallest absolute Gasteiger partial charge is 0.0902 e. The van der Waals surface area contributed by atoms with E-state index >= 15 is 0 Å². The lowest BCUT2D eigenvalue weighted by Crippen LogP contribution is -1.93. The van der Waals surface area contributed by atoms with E-state index in [4.69, 9.17) is 16.6 Å². The fraction of sp³-hybridized carbons (Fsp3) is 0.0385. The van der Waals surface area contributed by atoms with Crippen LogP contribution in [0.1, 0.15) is 5.56 Å². The zero-order valence-corrected chi connectivity index (χ0v) is 16.2. The third kappa shape index (κ3) is 2.76. The van der Waals surface area contributed by atoms with Gasteiger partial charge in [-0.1, -0.05) is 108 Å². The van der Waals surface area contributed by atoms with E-state index in [-0.39, 0.29) is 0 Å². The van der Waals surface area contributed by atoms with Gasteiger partial charge in [-0.25, -0.2) is 4.98 Å². The summed E-state index contributed by atoms with van der Waals surface area (Å²) in [4.78, 5) is 5.04. The van der Waals surface area contributed by atoms with E-state index in [0.29, 0.717) is 5.02 Å². The van der Waals surface area contributed by atoms with E-state index in [2.05, 4.69) is 79.7 Å². The first-order valence-electron chi connectivity index (χ1n) is 9.36. The Kier molecular flexibility index (Phi) is 4.11. The quantitative estimate of drug-likeness (QED) is 0.286. The van der Waals surface area contributed by atoms with Crippen molar-refractivity contribution in [3.63, 3.8) is 0 Å². The molecule has 0 saturated carbocycles. The lowest BCUT2D eigenvalue weighted by molar-refractivity contribution is 1.40. The van der Waals surface area contributed by atoms with Gasteiger partial charge < -0.3 is 0 Å². The fourth-order valence-electron chi connectivity index (χ4n) is 3.76. The highest BCUT2D eigenvalue weighted by Crippen LogP contribution is 2.42. The minimum absolute atomic E-state index is 0.692. The van der Waals surface area contributed by atoms with Crippen molar-refractivity contribution in [1.29, 1.82) is 0 Å². The summed E-state index contributed by atoms with van der Waals surface area (Å²) in [7, 11) is 0. The van der Waals surface area contributed by atoms with Crippen LogP contribution >= 0.6 is 11.6 Å². The molecule has 0 saturated heterocycles. The number of hydrogen-bond acceptors (Lipinski definition) is 1. The molecule has 134 valence electrons. The second-order valence-electron chi connectivity index (χ2n) is 7.06. The number of halogens is 1. The van der Waals surface area contributed by atoms with Crippen LogP contribution in [0.3, 0.4) is 0 Å². The number of aryl methyl sites for hydroxylation is 1. The Hall–Kier alpha value is -3.16. The molecule has 4 aromatic carbocycles. The van der Waals surface area contributed by atoms with Crippen molar-refractivity contribution in [1.82, 2.24) is 4.98 Å². The van der Waals surface area contributed by atoms with Crippen molar-refractivity contribution in [2.24, 2.45) is 0 Å². The predicted octanol–water partition coefficient (Wildman–Crippen LogP) is 7.68. The zero-order chi connectivity index (χ0) is 19.1. The summed E-state index contributed by atoms with van der Waals surface area (Å²) >= 11 is 6.99. The summed E-state index contributed by atoms with van der Waals surface area (Å²) in [5, 5.41) is 4.09. The molecule has 0 aliphatic carbocycles. The van der Waals surface area contributed by atoms with Gasteiger partial charge in [0.2, 0.25) is 0 Å². The van der Waals surface area contributed by atoms with E-state index < -0.39 is 0 Å². The van der Waals surface area contributed by atoms with E-state index in [1.54, 1.807) is 0 Å². The maximum Gasteiger partial charge on any atom is 0.0902 e. The molecule has 0 N–H and O–H groups in total. The van der Waals surface area contributed by atoms with E-state index in [0.717, 1.165) is 38.7 Å². The maximum atomic E-state index is 6.99. The second kappa shape index (κ2) is 6.78. The Morgan fingerprint density at radius 3 is 2.14 bits per heavy atom. The van der Waals surface area contributed by atoms with Crippen molar-refractivity contribution in [3.05, 3.63) is 102 Å². The third-order valence-electron chi connectivity index (χ3n) is 5.21. The van der Waals surface area contributed by atoms with Gasteiger partial charge in [-0.3, -0.25) is 0 Å². The topological polar surface area (TPSA) is 12.9 Å². The summed E-state index contributed by atoms with van der Waals surface area (Å²) in [6, 6.07) is 31.4. The van der Waals surface area contributed by atoms with Gasteiger partial charge in [-0.05, 0) is 17.9 Å². The standard InChI is InChI=1S/C26H18ClN/c1-17-11-13-19(14-12-17)23-22-16-15-18-7-5-6-10-21(18)26(22)28-25(24(23)27)20-8-3-2-4-9-20/h2-16H,1H3. The van der Waals surface area contributed by atoms with Crippen molar-refractivity contribution >= 4 is 33.3 Å². The van der Waals surface area contributed by atoms with Gasteiger partial charge in [0.15, 0.2) is 0 Å². The Bertz CT molecular complexity index is 1310. The van der Waals surface area contributed by atoms with Crippen LogP contribution in [0.15, 0.2) is 91.0 Å². The number of nitrogens with zero attached hydrogens (tertiary/aromatic N) is 1. The first-order valence-corrected chi connectivity index (χ1v) is 9.73. The molecule has 28 heavy (non-hydrogen) atoms. The molecular formula is C26H18ClN. The van der Waals surface area contributed by atoms with Crippen LogP contribution in [0.2, 0.25) is 5.02 Å². The van der Waals surface area contributed by atoms with Gasteiger partial charge in [-0.15, -0.1) is 0 Å². The monoisotopic (exact) mass is 379 g/mol. The van der Waals surface area contributed by atoms with E-state index in [1.807, 2.05) is 18.2 Å². The average molecular weight is 380 g/mol. The van der Waals surface area contributed by atoms with Crippen LogP contribution in [0.25, 0.3) is 44.1 Å². The molecule has 0 aliphatic heterocycles. The first-order chi connectivity index (χ1) is 13.7. The summed E-state index contributed by atoms with van der Waals surface area (Å²) < 4.78 is 0. The van der Waals surface area contributed by atoms with Crippen molar-refractivity contribution < 1.29 is 0 Å². The highest BCUT2D eigenvalue weighted by Gasteiger charge is 2.17. The number of fused-ring (bicyclic) bond motifs is 3. The van der Waals surface area contributed by atoms with E-state index in [9.17, 15) is 0 Å². The molecule has 1 aromatic heterocycles. The molecular weight excluding hydrogens is 362 g/mol. The lowest BCUT2D eigenvalue weighted by Gasteiger charge is -2.15. The third-order valence-corrected chi connectivity index (χ3v) is 5.58. The summed E-state index contributed by atoms with van der Waals surface area (Å²) in [5.74, 6) is 0. The maximum absolute atomic E-state index is 6.99. The summed E-state index contributed by atoms with van der Waals surface area (Å²) in [6.45, 7) is 2.10. The number of rotatable bonds is 2. The SMILES string of the molecule is Cc1ccc(-c2c(Cl)c(-c3ccccc3)nc3c2ccc2ccccc23)cc1. The molecule has 0 aliphatic rings.